The Morgan fingerprint density at radius 1 is 1.03 bits per heavy atom. The molecule has 1 aliphatic heterocycles. The fourth-order valence-corrected chi connectivity index (χ4v) is 3.80. The maximum atomic E-state index is 14.2. The van der Waals surface area contributed by atoms with Gasteiger partial charge in [-0.3, -0.25) is 9.67 Å². The minimum absolute atomic E-state index is 0.254. The molecular weight excluding hydrogens is 399 g/mol. The Hall–Kier alpha value is -3.79. The van der Waals surface area contributed by atoms with Crippen molar-refractivity contribution in [2.45, 2.75) is 6.54 Å². The Balaban J connectivity index is 1.58. The summed E-state index contributed by atoms with van der Waals surface area (Å²) in [4.78, 5) is 15.2. The van der Waals surface area contributed by atoms with Crippen molar-refractivity contribution in [2.24, 2.45) is 0 Å². The number of halogens is 1. The van der Waals surface area contributed by atoms with E-state index in [4.69, 9.17) is 16.2 Å². The van der Waals surface area contributed by atoms with Crippen molar-refractivity contribution in [2.75, 3.05) is 42.7 Å². The molecule has 0 unspecified atom stereocenters. The predicted molar refractivity (Wildman–Crippen MR) is 116 cm³/mol. The van der Waals surface area contributed by atoms with Crippen LogP contribution in [0, 0.1) is 5.82 Å². The summed E-state index contributed by atoms with van der Waals surface area (Å²) in [6.45, 7) is 2.78. The number of nitrogens with zero attached hydrogens (tertiary/aromatic N) is 6. The van der Waals surface area contributed by atoms with Crippen LogP contribution in [0.4, 0.5) is 21.7 Å². The fourth-order valence-electron chi connectivity index (χ4n) is 3.80. The molecule has 0 saturated carbocycles. The standard InChI is InChI=1S/C21H21FN8O/c22-15-4-2-1-3-13(15)12-30-16-5-6-25-11-14(16)17(28-30)21-26-19(23)18(20(24)27-21)29-7-9-31-10-8-29/h1-6,11H,7-10,12H2,(H4,23,24,26,27). The highest BCUT2D eigenvalue weighted by Crippen LogP contribution is 2.33. The monoisotopic (exact) mass is 420 g/mol. The smallest absolute Gasteiger partial charge is 0.184 e. The normalized spacial score (nSPS) is 14.3. The van der Waals surface area contributed by atoms with Gasteiger partial charge in [-0.25, -0.2) is 14.4 Å². The largest absolute Gasteiger partial charge is 0.382 e. The number of benzene rings is 1. The second-order valence-electron chi connectivity index (χ2n) is 7.26. The maximum absolute atomic E-state index is 14.2. The number of hydrogen-bond donors (Lipinski definition) is 2. The molecule has 0 bridgehead atoms. The average Bonchev–Trinajstić information content (AvgIpc) is 3.14. The number of nitrogens with two attached hydrogens (primary N) is 2. The van der Waals surface area contributed by atoms with Gasteiger partial charge in [0.15, 0.2) is 17.5 Å². The van der Waals surface area contributed by atoms with Crippen molar-refractivity contribution >= 4 is 28.2 Å². The van der Waals surface area contributed by atoms with Gasteiger partial charge >= 0.3 is 0 Å². The van der Waals surface area contributed by atoms with Gasteiger partial charge in [0.05, 0.1) is 25.3 Å². The summed E-state index contributed by atoms with van der Waals surface area (Å²) < 4.78 is 21.3. The lowest BCUT2D eigenvalue weighted by molar-refractivity contribution is 0.123. The van der Waals surface area contributed by atoms with Crippen LogP contribution in [0.3, 0.4) is 0 Å². The van der Waals surface area contributed by atoms with Gasteiger partial charge in [-0.05, 0) is 12.1 Å². The van der Waals surface area contributed by atoms with Crippen LogP contribution in [0.15, 0.2) is 42.7 Å². The third-order valence-electron chi connectivity index (χ3n) is 5.31. The van der Waals surface area contributed by atoms with Crippen LogP contribution in [0.2, 0.25) is 0 Å². The number of aromatic nitrogens is 5. The minimum Gasteiger partial charge on any atom is -0.382 e. The van der Waals surface area contributed by atoms with Gasteiger partial charge in [-0.1, -0.05) is 18.2 Å². The van der Waals surface area contributed by atoms with E-state index in [9.17, 15) is 4.39 Å². The summed E-state index contributed by atoms with van der Waals surface area (Å²) in [5.41, 5.74) is 15.0. The van der Waals surface area contributed by atoms with Crippen LogP contribution in [-0.2, 0) is 11.3 Å². The first-order chi connectivity index (χ1) is 15.1. The molecular formula is C21H21FN8O. The Labute approximate surface area is 177 Å². The Morgan fingerprint density at radius 3 is 2.52 bits per heavy atom. The highest BCUT2D eigenvalue weighted by molar-refractivity contribution is 5.92. The highest BCUT2D eigenvalue weighted by Gasteiger charge is 2.22. The number of nitrogen functional groups attached to an aromatic ring is 2. The predicted octanol–water partition coefficient (Wildman–Crippen LogP) is 2.08. The number of hydrogen-bond acceptors (Lipinski definition) is 8. The molecule has 0 amide bonds. The molecule has 0 atom stereocenters. The lowest BCUT2D eigenvalue weighted by Crippen LogP contribution is -2.37. The third-order valence-corrected chi connectivity index (χ3v) is 5.31. The van der Waals surface area contributed by atoms with E-state index in [1.807, 2.05) is 11.0 Å². The van der Waals surface area contributed by atoms with Crippen LogP contribution >= 0.6 is 0 Å². The number of ether oxygens (including phenoxy) is 1. The fraction of sp³-hybridized carbons (Fsp3) is 0.238. The summed E-state index contributed by atoms with van der Waals surface area (Å²) in [6, 6.07) is 8.43. The SMILES string of the molecule is Nc1nc(-c2nn(Cc3ccccc3F)c3ccncc23)nc(N)c1N1CCOCC1. The van der Waals surface area contributed by atoms with Crippen LogP contribution in [0.1, 0.15) is 5.56 Å². The summed E-state index contributed by atoms with van der Waals surface area (Å²) in [5.74, 6) is 0.578. The van der Waals surface area contributed by atoms with Gasteiger partial charge in [-0.15, -0.1) is 0 Å². The first kappa shape index (κ1) is 19.2. The summed E-state index contributed by atoms with van der Waals surface area (Å²) in [5, 5.41) is 5.39. The van der Waals surface area contributed by atoms with Crippen molar-refractivity contribution in [1.29, 1.82) is 0 Å². The van der Waals surface area contributed by atoms with E-state index < -0.39 is 0 Å². The second-order valence-corrected chi connectivity index (χ2v) is 7.26. The van der Waals surface area contributed by atoms with Crippen LogP contribution in [0.5, 0.6) is 0 Å². The second kappa shape index (κ2) is 7.80. The number of pyridine rings is 1. The Kier molecular flexibility index (Phi) is 4.83. The molecule has 0 spiro atoms. The van der Waals surface area contributed by atoms with Crippen molar-refractivity contribution in [3.8, 4) is 11.5 Å². The molecule has 1 aliphatic rings. The van der Waals surface area contributed by atoms with Gasteiger partial charge in [0.1, 0.15) is 17.2 Å². The molecule has 158 valence electrons. The van der Waals surface area contributed by atoms with E-state index in [2.05, 4.69) is 20.1 Å². The van der Waals surface area contributed by atoms with Crippen molar-refractivity contribution in [3.05, 3.63) is 54.1 Å². The molecule has 1 saturated heterocycles. The van der Waals surface area contributed by atoms with Crippen LogP contribution < -0.4 is 16.4 Å². The summed E-state index contributed by atoms with van der Waals surface area (Å²) in [7, 11) is 0. The molecule has 10 heteroatoms. The molecule has 9 nitrogen and oxygen atoms in total. The van der Waals surface area contributed by atoms with Gasteiger partial charge in [0.2, 0.25) is 0 Å². The molecule has 31 heavy (non-hydrogen) atoms. The number of anilines is 3. The number of fused-ring (bicyclic) bond motifs is 1. The zero-order valence-corrected chi connectivity index (χ0v) is 16.7. The summed E-state index contributed by atoms with van der Waals surface area (Å²) in [6.07, 6.45) is 3.35. The molecule has 5 rings (SSSR count). The van der Waals surface area contributed by atoms with Gasteiger partial charge in [-0.2, -0.15) is 5.10 Å². The number of rotatable bonds is 4. The van der Waals surface area contributed by atoms with E-state index >= 15 is 0 Å². The van der Waals surface area contributed by atoms with Crippen LogP contribution in [0.25, 0.3) is 22.4 Å². The van der Waals surface area contributed by atoms with Crippen LogP contribution in [-0.4, -0.2) is 51.0 Å². The quantitative estimate of drug-likeness (QED) is 0.515. The zero-order valence-electron chi connectivity index (χ0n) is 16.7. The first-order valence-electron chi connectivity index (χ1n) is 9.92. The van der Waals surface area contributed by atoms with Gasteiger partial charge in [0, 0.05) is 36.4 Å². The van der Waals surface area contributed by atoms with Gasteiger partial charge < -0.3 is 21.1 Å². The molecule has 1 aromatic carbocycles. The summed E-state index contributed by atoms with van der Waals surface area (Å²) >= 11 is 0. The Bertz CT molecular complexity index is 1230. The van der Waals surface area contributed by atoms with Crippen molar-refractivity contribution in [1.82, 2.24) is 24.7 Å². The lowest BCUT2D eigenvalue weighted by Gasteiger charge is -2.29. The Morgan fingerprint density at radius 2 is 1.77 bits per heavy atom. The number of morpholine rings is 1. The van der Waals surface area contributed by atoms with E-state index in [0.29, 0.717) is 49.1 Å². The first-order valence-corrected chi connectivity index (χ1v) is 9.92. The molecule has 4 N–H and O–H groups in total. The van der Waals surface area contributed by atoms with E-state index in [0.717, 1.165) is 10.9 Å². The molecule has 4 aromatic rings. The third kappa shape index (κ3) is 3.50. The average molecular weight is 420 g/mol. The highest BCUT2D eigenvalue weighted by atomic mass is 19.1. The van der Waals surface area contributed by atoms with Gasteiger partial charge in [0.25, 0.3) is 0 Å². The lowest BCUT2D eigenvalue weighted by atomic mass is 10.2. The topological polar surface area (TPSA) is 121 Å². The zero-order chi connectivity index (χ0) is 21.4. The molecule has 0 aliphatic carbocycles. The molecule has 0 radical (unpaired) electrons. The molecule has 1 fully saturated rings. The minimum atomic E-state index is -0.290. The van der Waals surface area contributed by atoms with E-state index in [1.165, 1.54) is 6.07 Å². The molecule has 4 heterocycles. The van der Waals surface area contributed by atoms with Crippen molar-refractivity contribution in [3.63, 3.8) is 0 Å². The van der Waals surface area contributed by atoms with E-state index in [-0.39, 0.29) is 24.0 Å². The van der Waals surface area contributed by atoms with E-state index in [1.54, 1.807) is 35.3 Å². The maximum Gasteiger partial charge on any atom is 0.184 e. The molecule has 3 aromatic heterocycles. The van der Waals surface area contributed by atoms with Crippen molar-refractivity contribution < 1.29 is 9.13 Å².